The van der Waals surface area contributed by atoms with Crippen molar-refractivity contribution in [2.24, 2.45) is 0 Å². The largest absolute Gasteiger partial charge is 0.504 e. The third-order valence-corrected chi connectivity index (χ3v) is 1.57. The zero-order valence-corrected chi connectivity index (χ0v) is 7.04. The topological polar surface area (TPSA) is 61.7 Å². The van der Waals surface area contributed by atoms with Crippen molar-refractivity contribution in [1.29, 1.82) is 0 Å². The molecule has 0 fully saturated rings. The number of phenols is 1. The molecule has 72 valence electrons. The molecule has 0 saturated carbocycles. The number of aromatic hydroxyl groups is 1. The van der Waals surface area contributed by atoms with E-state index in [2.05, 4.69) is 4.74 Å². The summed E-state index contributed by atoms with van der Waals surface area (Å²) in [4.78, 5) is 0. The fraction of sp³-hybridized carbons (Fsp3) is 0.250. The number of benzene rings is 1. The van der Waals surface area contributed by atoms with Crippen molar-refractivity contribution in [1.82, 2.24) is 5.48 Å². The fourth-order valence-electron chi connectivity index (χ4n) is 1.03. The van der Waals surface area contributed by atoms with E-state index in [0.717, 1.165) is 0 Å². The SMILES string of the molecule is COc1c(O)cc(CNO)cc1F. The number of hydrogen-bond acceptors (Lipinski definition) is 4. The van der Waals surface area contributed by atoms with E-state index in [-0.39, 0.29) is 18.0 Å². The van der Waals surface area contributed by atoms with E-state index in [1.165, 1.54) is 19.2 Å². The van der Waals surface area contributed by atoms with Gasteiger partial charge in [-0.05, 0) is 17.7 Å². The van der Waals surface area contributed by atoms with E-state index >= 15 is 0 Å². The molecule has 4 nitrogen and oxygen atoms in total. The van der Waals surface area contributed by atoms with Crippen LogP contribution in [-0.4, -0.2) is 17.4 Å². The van der Waals surface area contributed by atoms with Gasteiger partial charge in [0.15, 0.2) is 17.3 Å². The molecule has 0 aliphatic carbocycles. The molecule has 1 aromatic rings. The van der Waals surface area contributed by atoms with E-state index in [9.17, 15) is 9.50 Å². The van der Waals surface area contributed by atoms with Crippen molar-refractivity contribution >= 4 is 0 Å². The van der Waals surface area contributed by atoms with Gasteiger partial charge in [0.25, 0.3) is 0 Å². The number of rotatable bonds is 3. The van der Waals surface area contributed by atoms with Gasteiger partial charge in [-0.15, -0.1) is 0 Å². The number of ether oxygens (including phenoxy) is 1. The highest BCUT2D eigenvalue weighted by Gasteiger charge is 2.09. The Morgan fingerprint density at radius 2 is 2.23 bits per heavy atom. The molecule has 0 amide bonds. The molecule has 0 aromatic heterocycles. The van der Waals surface area contributed by atoms with Crippen LogP contribution in [0.3, 0.4) is 0 Å². The fourth-order valence-corrected chi connectivity index (χ4v) is 1.03. The van der Waals surface area contributed by atoms with Crippen molar-refractivity contribution < 1.29 is 19.4 Å². The Morgan fingerprint density at radius 1 is 1.54 bits per heavy atom. The predicted molar refractivity (Wildman–Crippen MR) is 43.2 cm³/mol. The summed E-state index contributed by atoms with van der Waals surface area (Å²) in [5.74, 6) is -1.14. The van der Waals surface area contributed by atoms with Gasteiger partial charge >= 0.3 is 0 Å². The van der Waals surface area contributed by atoms with E-state index < -0.39 is 5.82 Å². The second kappa shape index (κ2) is 4.06. The molecule has 1 aromatic carbocycles. The molecule has 0 bridgehead atoms. The molecular formula is C8H10FNO3. The van der Waals surface area contributed by atoms with Gasteiger partial charge < -0.3 is 15.1 Å². The van der Waals surface area contributed by atoms with E-state index in [1.807, 2.05) is 5.48 Å². The Balaban J connectivity index is 3.05. The van der Waals surface area contributed by atoms with Crippen LogP contribution in [0.15, 0.2) is 12.1 Å². The maximum Gasteiger partial charge on any atom is 0.196 e. The molecule has 0 spiro atoms. The molecule has 0 radical (unpaired) electrons. The van der Waals surface area contributed by atoms with Gasteiger partial charge in [-0.3, -0.25) is 0 Å². The van der Waals surface area contributed by atoms with E-state index in [1.54, 1.807) is 0 Å². The van der Waals surface area contributed by atoms with Crippen molar-refractivity contribution in [3.05, 3.63) is 23.5 Å². The van der Waals surface area contributed by atoms with Crippen LogP contribution in [0.25, 0.3) is 0 Å². The summed E-state index contributed by atoms with van der Waals surface area (Å²) in [5, 5.41) is 17.6. The Bertz CT molecular complexity index is 280. The quantitative estimate of drug-likeness (QED) is 0.618. The summed E-state index contributed by atoms with van der Waals surface area (Å²) in [7, 11) is 1.27. The highest BCUT2D eigenvalue weighted by Crippen LogP contribution is 2.29. The average molecular weight is 187 g/mol. The first-order chi connectivity index (χ1) is 6.19. The van der Waals surface area contributed by atoms with Crippen molar-refractivity contribution in [3.63, 3.8) is 0 Å². The highest BCUT2D eigenvalue weighted by molar-refractivity contribution is 5.42. The summed E-state index contributed by atoms with van der Waals surface area (Å²) in [6.07, 6.45) is 0. The normalized spacial score (nSPS) is 10.1. The third-order valence-electron chi connectivity index (χ3n) is 1.57. The zero-order valence-electron chi connectivity index (χ0n) is 7.04. The van der Waals surface area contributed by atoms with Gasteiger partial charge in [-0.2, -0.15) is 0 Å². The smallest absolute Gasteiger partial charge is 0.196 e. The minimum absolute atomic E-state index is 0.0640. The van der Waals surface area contributed by atoms with Gasteiger partial charge in [0, 0.05) is 6.54 Å². The minimum Gasteiger partial charge on any atom is -0.504 e. The van der Waals surface area contributed by atoms with Gasteiger partial charge in [0.2, 0.25) is 0 Å². The molecular weight excluding hydrogens is 177 g/mol. The van der Waals surface area contributed by atoms with Crippen LogP contribution in [0, 0.1) is 5.82 Å². The maximum atomic E-state index is 13.0. The summed E-state index contributed by atoms with van der Waals surface area (Å²) in [6, 6.07) is 2.48. The number of methoxy groups -OCH3 is 1. The number of hydrogen-bond donors (Lipinski definition) is 3. The molecule has 1 rings (SSSR count). The van der Waals surface area contributed by atoms with Crippen LogP contribution in [0.1, 0.15) is 5.56 Å². The van der Waals surface area contributed by atoms with Gasteiger partial charge in [-0.25, -0.2) is 9.87 Å². The predicted octanol–water partition coefficient (Wildman–Crippen LogP) is 1.02. The highest BCUT2D eigenvalue weighted by atomic mass is 19.1. The molecule has 13 heavy (non-hydrogen) atoms. The molecule has 0 aliphatic rings. The lowest BCUT2D eigenvalue weighted by molar-refractivity contribution is 0.161. The Hall–Kier alpha value is -1.33. The van der Waals surface area contributed by atoms with Crippen LogP contribution in [0.5, 0.6) is 11.5 Å². The standard InChI is InChI=1S/C8H10FNO3/c1-13-8-6(9)2-5(4-10-12)3-7(8)11/h2-3,10-12H,4H2,1H3. The Morgan fingerprint density at radius 3 is 2.69 bits per heavy atom. The van der Waals surface area contributed by atoms with Crippen molar-refractivity contribution in [3.8, 4) is 11.5 Å². The molecule has 0 unspecified atom stereocenters. The first-order valence-corrected chi connectivity index (χ1v) is 3.61. The first-order valence-electron chi connectivity index (χ1n) is 3.61. The molecule has 0 saturated heterocycles. The van der Waals surface area contributed by atoms with Gasteiger partial charge in [0.1, 0.15) is 0 Å². The number of hydroxylamine groups is 1. The zero-order chi connectivity index (χ0) is 9.84. The summed E-state index contributed by atoms with van der Waals surface area (Å²) in [6.45, 7) is 0.0640. The second-order valence-corrected chi connectivity index (χ2v) is 2.46. The first kappa shape index (κ1) is 9.76. The van der Waals surface area contributed by atoms with Gasteiger partial charge in [0.05, 0.1) is 7.11 Å². The number of nitrogens with one attached hydrogen (secondary N) is 1. The molecule has 0 atom stereocenters. The second-order valence-electron chi connectivity index (χ2n) is 2.46. The molecule has 3 N–H and O–H groups in total. The minimum atomic E-state index is -0.659. The average Bonchev–Trinajstić information content (AvgIpc) is 2.04. The monoisotopic (exact) mass is 187 g/mol. The summed E-state index contributed by atoms with van der Waals surface area (Å²) in [5.41, 5.74) is 2.29. The lowest BCUT2D eigenvalue weighted by Crippen LogP contribution is -2.06. The van der Waals surface area contributed by atoms with E-state index in [4.69, 9.17) is 5.21 Å². The third kappa shape index (κ3) is 2.07. The van der Waals surface area contributed by atoms with Gasteiger partial charge in [-0.1, -0.05) is 0 Å². The van der Waals surface area contributed by atoms with Crippen LogP contribution >= 0.6 is 0 Å². The van der Waals surface area contributed by atoms with Crippen LogP contribution < -0.4 is 10.2 Å². The maximum absolute atomic E-state index is 13.0. The van der Waals surface area contributed by atoms with E-state index in [0.29, 0.717) is 5.56 Å². The molecule has 5 heteroatoms. The number of phenolic OH excluding ortho intramolecular Hbond substituents is 1. The van der Waals surface area contributed by atoms with Crippen molar-refractivity contribution in [2.75, 3.05) is 7.11 Å². The van der Waals surface area contributed by atoms with Crippen LogP contribution in [0.4, 0.5) is 4.39 Å². The molecule has 0 aliphatic heterocycles. The van der Waals surface area contributed by atoms with Crippen molar-refractivity contribution in [2.45, 2.75) is 6.54 Å². The molecule has 0 heterocycles. The lowest BCUT2D eigenvalue weighted by atomic mass is 10.2. The van der Waals surface area contributed by atoms with Crippen LogP contribution in [-0.2, 0) is 6.54 Å². The number of halogens is 1. The Kier molecular flexibility index (Phi) is 3.05. The summed E-state index contributed by atoms with van der Waals surface area (Å²) >= 11 is 0. The Labute approximate surface area is 74.5 Å². The van der Waals surface area contributed by atoms with Crippen LogP contribution in [0.2, 0.25) is 0 Å². The summed E-state index contributed by atoms with van der Waals surface area (Å²) < 4.78 is 17.6. The lowest BCUT2D eigenvalue weighted by Gasteiger charge is -2.06.